The number of amides is 1. The van der Waals surface area contributed by atoms with Crippen LogP contribution in [0.2, 0.25) is 0 Å². The quantitative estimate of drug-likeness (QED) is 0.623. The van der Waals surface area contributed by atoms with Crippen molar-refractivity contribution in [1.82, 2.24) is 10.3 Å². The zero-order chi connectivity index (χ0) is 16.9. The van der Waals surface area contributed by atoms with E-state index in [4.69, 9.17) is 0 Å². The van der Waals surface area contributed by atoms with Crippen LogP contribution in [0.1, 0.15) is 28.2 Å². The van der Waals surface area contributed by atoms with Gasteiger partial charge in [-0.05, 0) is 24.3 Å². The zero-order valence-electron chi connectivity index (χ0n) is 12.8. The average molecular weight is 403 g/mol. The molecule has 0 saturated heterocycles. The van der Waals surface area contributed by atoms with Crippen LogP contribution in [0, 0.1) is 0 Å². The predicted octanol–water partition coefficient (Wildman–Crippen LogP) is 4.34. The van der Waals surface area contributed by atoms with Crippen LogP contribution in [0.4, 0.5) is 0 Å². The first-order valence-electron chi connectivity index (χ1n) is 7.52. The van der Waals surface area contributed by atoms with Gasteiger partial charge < -0.3 is 5.32 Å². The number of benzene rings is 2. The van der Waals surface area contributed by atoms with Crippen molar-refractivity contribution in [1.29, 1.82) is 0 Å². The number of halogens is 1. The van der Waals surface area contributed by atoms with Gasteiger partial charge in [0.15, 0.2) is 5.78 Å². The molecular weight excluding hydrogens is 388 g/mol. The first kappa shape index (κ1) is 16.8. The first-order valence-corrected chi connectivity index (χ1v) is 9.13. The van der Waals surface area contributed by atoms with Crippen molar-refractivity contribution in [2.45, 2.75) is 19.4 Å². The van der Waals surface area contributed by atoms with Gasteiger partial charge in [-0.25, -0.2) is 4.98 Å². The lowest BCUT2D eigenvalue weighted by Crippen LogP contribution is -2.23. The monoisotopic (exact) mass is 402 g/mol. The maximum absolute atomic E-state index is 12.0. The normalized spacial score (nSPS) is 10.7. The molecule has 0 saturated carbocycles. The van der Waals surface area contributed by atoms with Crippen molar-refractivity contribution in [2.75, 3.05) is 0 Å². The van der Waals surface area contributed by atoms with Gasteiger partial charge in [0.2, 0.25) is 5.91 Å². The van der Waals surface area contributed by atoms with Crippen LogP contribution >= 0.6 is 27.3 Å². The summed E-state index contributed by atoms with van der Waals surface area (Å²) in [5.74, 6) is -0.169. The number of hydrogen-bond acceptors (Lipinski definition) is 4. The lowest BCUT2D eigenvalue weighted by Gasteiger charge is -2.03. The van der Waals surface area contributed by atoms with Crippen LogP contribution in [0.3, 0.4) is 0 Å². The van der Waals surface area contributed by atoms with E-state index in [0.29, 0.717) is 12.1 Å². The Balaban J connectivity index is 1.48. The molecule has 2 aromatic carbocycles. The topological polar surface area (TPSA) is 59.1 Å². The van der Waals surface area contributed by atoms with Crippen LogP contribution in [-0.2, 0) is 11.3 Å². The molecule has 3 aromatic rings. The van der Waals surface area contributed by atoms with Crippen LogP contribution < -0.4 is 5.32 Å². The van der Waals surface area contributed by atoms with E-state index in [1.54, 1.807) is 23.5 Å². The molecule has 3 rings (SSSR count). The van der Waals surface area contributed by atoms with Gasteiger partial charge in [-0.1, -0.05) is 40.2 Å². The highest BCUT2D eigenvalue weighted by Crippen LogP contribution is 2.21. The van der Waals surface area contributed by atoms with Crippen molar-refractivity contribution in [3.05, 3.63) is 63.6 Å². The summed E-state index contributed by atoms with van der Waals surface area (Å²) in [7, 11) is 0. The number of aromatic nitrogens is 1. The molecule has 0 radical (unpaired) electrons. The fourth-order valence-corrected chi connectivity index (χ4v) is 3.44. The Morgan fingerprint density at radius 2 is 1.79 bits per heavy atom. The molecule has 0 aliphatic rings. The van der Waals surface area contributed by atoms with E-state index < -0.39 is 0 Å². The highest BCUT2D eigenvalue weighted by molar-refractivity contribution is 9.10. The Kier molecular flexibility index (Phi) is 5.37. The Labute approximate surface area is 152 Å². The predicted molar refractivity (Wildman–Crippen MR) is 99.2 cm³/mol. The Morgan fingerprint density at radius 1 is 1.04 bits per heavy atom. The minimum absolute atomic E-state index is 0.0300. The second-order valence-corrected chi connectivity index (χ2v) is 7.31. The van der Waals surface area contributed by atoms with Crippen molar-refractivity contribution < 1.29 is 9.59 Å². The van der Waals surface area contributed by atoms with E-state index >= 15 is 0 Å². The second-order valence-electron chi connectivity index (χ2n) is 5.28. The number of para-hydroxylation sites is 1. The number of carbonyl (C=O) groups excluding carboxylic acids is 2. The van der Waals surface area contributed by atoms with Crippen LogP contribution in [0.15, 0.2) is 53.0 Å². The lowest BCUT2D eigenvalue weighted by atomic mass is 10.1. The van der Waals surface area contributed by atoms with Crippen LogP contribution in [-0.4, -0.2) is 16.7 Å². The molecule has 0 aliphatic heterocycles. The average Bonchev–Trinajstić information content (AvgIpc) is 3.01. The minimum atomic E-state index is -0.139. The fourth-order valence-electron chi connectivity index (χ4n) is 2.27. The molecule has 4 nitrogen and oxygen atoms in total. The summed E-state index contributed by atoms with van der Waals surface area (Å²) in [4.78, 5) is 28.4. The number of nitrogens with one attached hydrogen (secondary N) is 1. The van der Waals surface area contributed by atoms with Crippen molar-refractivity contribution in [3.63, 3.8) is 0 Å². The van der Waals surface area contributed by atoms with Gasteiger partial charge in [0.1, 0.15) is 5.01 Å². The standard InChI is InChI=1S/C18H15BrN2O2S/c19-13-7-5-12(6-8-13)15(22)9-10-17(23)20-11-18-21-14-3-1-2-4-16(14)24-18/h1-8H,9-11H2,(H,20,23). The molecular formula is C18H15BrN2O2S. The molecule has 6 heteroatoms. The molecule has 24 heavy (non-hydrogen) atoms. The molecule has 1 heterocycles. The van der Waals surface area contributed by atoms with Gasteiger partial charge >= 0.3 is 0 Å². The van der Waals surface area contributed by atoms with E-state index in [2.05, 4.69) is 26.2 Å². The molecule has 0 fully saturated rings. The van der Waals surface area contributed by atoms with Crippen molar-refractivity contribution in [3.8, 4) is 0 Å². The molecule has 0 atom stereocenters. The van der Waals surface area contributed by atoms with Crippen LogP contribution in [0.25, 0.3) is 10.2 Å². The Morgan fingerprint density at radius 3 is 2.54 bits per heavy atom. The van der Waals surface area contributed by atoms with Gasteiger partial charge in [-0.15, -0.1) is 11.3 Å². The Bertz CT molecular complexity index is 841. The maximum atomic E-state index is 12.0. The number of Topliss-reactive ketones (excluding diaryl/α,β-unsaturated/α-hetero) is 1. The van der Waals surface area contributed by atoms with Crippen molar-refractivity contribution in [2.24, 2.45) is 0 Å². The van der Waals surface area contributed by atoms with Gasteiger partial charge in [-0.3, -0.25) is 9.59 Å². The number of thiazole rings is 1. The number of carbonyl (C=O) groups is 2. The summed E-state index contributed by atoms with van der Waals surface area (Å²) in [6.45, 7) is 0.394. The van der Waals surface area contributed by atoms with E-state index in [9.17, 15) is 9.59 Å². The zero-order valence-corrected chi connectivity index (χ0v) is 15.2. The number of fused-ring (bicyclic) bond motifs is 1. The summed E-state index contributed by atoms with van der Waals surface area (Å²) in [5, 5.41) is 3.69. The highest BCUT2D eigenvalue weighted by atomic mass is 79.9. The largest absolute Gasteiger partial charge is 0.350 e. The van der Waals surface area contributed by atoms with E-state index in [1.165, 1.54) is 0 Å². The Hall–Kier alpha value is -2.05. The number of nitrogens with zero attached hydrogens (tertiary/aromatic N) is 1. The molecule has 0 unspecified atom stereocenters. The molecule has 0 spiro atoms. The van der Waals surface area contributed by atoms with E-state index in [0.717, 1.165) is 19.7 Å². The summed E-state index contributed by atoms with van der Waals surface area (Å²) >= 11 is 4.90. The van der Waals surface area contributed by atoms with Gasteiger partial charge in [0, 0.05) is 22.9 Å². The molecule has 1 N–H and O–H groups in total. The summed E-state index contributed by atoms with van der Waals surface area (Å²) in [5.41, 5.74) is 1.56. The van der Waals surface area contributed by atoms with Crippen molar-refractivity contribution >= 4 is 49.2 Å². The third-order valence-electron chi connectivity index (χ3n) is 3.52. The lowest BCUT2D eigenvalue weighted by molar-refractivity contribution is -0.121. The molecule has 0 aliphatic carbocycles. The van der Waals surface area contributed by atoms with Gasteiger partial charge in [0.05, 0.1) is 16.8 Å². The minimum Gasteiger partial charge on any atom is -0.350 e. The molecule has 1 amide bonds. The number of rotatable bonds is 6. The molecule has 1 aromatic heterocycles. The van der Waals surface area contributed by atoms with Gasteiger partial charge in [0.25, 0.3) is 0 Å². The summed E-state index contributed by atoms with van der Waals surface area (Å²) in [6, 6.07) is 15.0. The molecule has 0 bridgehead atoms. The van der Waals surface area contributed by atoms with Gasteiger partial charge in [-0.2, -0.15) is 0 Å². The fraction of sp³-hybridized carbons (Fsp3) is 0.167. The maximum Gasteiger partial charge on any atom is 0.220 e. The summed E-state index contributed by atoms with van der Waals surface area (Å²) in [6.07, 6.45) is 0.382. The van der Waals surface area contributed by atoms with E-state index in [-0.39, 0.29) is 24.5 Å². The number of hydrogen-bond donors (Lipinski definition) is 1. The smallest absolute Gasteiger partial charge is 0.220 e. The third-order valence-corrected chi connectivity index (χ3v) is 5.09. The molecule has 122 valence electrons. The SMILES string of the molecule is O=C(CCC(=O)c1ccc(Br)cc1)NCc1nc2ccccc2s1. The van der Waals surface area contributed by atoms with E-state index in [1.807, 2.05) is 36.4 Å². The second kappa shape index (κ2) is 7.68. The summed E-state index contributed by atoms with van der Waals surface area (Å²) < 4.78 is 2.03. The first-order chi connectivity index (χ1) is 11.6. The number of ketones is 1. The third kappa shape index (κ3) is 4.27. The highest BCUT2D eigenvalue weighted by Gasteiger charge is 2.10. The van der Waals surface area contributed by atoms with Crippen LogP contribution in [0.5, 0.6) is 0 Å².